The molecule has 0 saturated carbocycles. The van der Waals surface area contributed by atoms with E-state index in [1.54, 1.807) is 12.1 Å². The van der Waals surface area contributed by atoms with Gasteiger partial charge in [-0.2, -0.15) is 0 Å². The van der Waals surface area contributed by atoms with Crippen LogP contribution in [-0.4, -0.2) is 26.4 Å². The summed E-state index contributed by atoms with van der Waals surface area (Å²) in [7, 11) is 0. The van der Waals surface area contributed by atoms with E-state index in [2.05, 4.69) is 15.5 Å². The molecule has 0 aliphatic heterocycles. The Bertz CT molecular complexity index is 1240. The van der Waals surface area contributed by atoms with Gasteiger partial charge >= 0.3 is 0 Å². The van der Waals surface area contributed by atoms with Crippen LogP contribution in [0.3, 0.4) is 0 Å². The number of hydrogen-bond donors (Lipinski definition) is 1. The van der Waals surface area contributed by atoms with Crippen LogP contribution in [0, 0.1) is 19.7 Å². The van der Waals surface area contributed by atoms with Gasteiger partial charge in [-0.05, 0) is 56.3 Å². The van der Waals surface area contributed by atoms with Crippen molar-refractivity contribution in [3.63, 3.8) is 0 Å². The molecular weight excluding hydrogens is 439 g/mol. The van der Waals surface area contributed by atoms with E-state index in [1.165, 1.54) is 23.9 Å². The molecular formula is C25H23FN4O2S. The van der Waals surface area contributed by atoms with Crippen molar-refractivity contribution < 1.29 is 13.9 Å². The minimum Gasteiger partial charge on any atom is -0.486 e. The first kappa shape index (κ1) is 22.5. The van der Waals surface area contributed by atoms with Crippen LogP contribution >= 0.6 is 11.8 Å². The zero-order chi connectivity index (χ0) is 23.2. The van der Waals surface area contributed by atoms with Gasteiger partial charge in [0.05, 0.1) is 5.75 Å². The number of nitrogens with zero attached hydrogens (tertiary/aromatic N) is 3. The fourth-order valence-electron chi connectivity index (χ4n) is 3.12. The molecule has 8 heteroatoms. The number of carbonyl (C=O) groups is 1. The van der Waals surface area contributed by atoms with E-state index in [0.717, 1.165) is 22.6 Å². The van der Waals surface area contributed by atoms with Gasteiger partial charge in [0.15, 0.2) is 11.0 Å². The molecule has 0 aliphatic carbocycles. The van der Waals surface area contributed by atoms with E-state index in [4.69, 9.17) is 4.74 Å². The molecule has 3 aromatic carbocycles. The Kier molecular flexibility index (Phi) is 7.04. The highest BCUT2D eigenvalue weighted by molar-refractivity contribution is 7.99. The number of benzene rings is 3. The predicted octanol–water partition coefficient (Wildman–Crippen LogP) is 5.33. The van der Waals surface area contributed by atoms with Gasteiger partial charge in [0, 0.05) is 11.4 Å². The smallest absolute Gasteiger partial charge is 0.234 e. The summed E-state index contributed by atoms with van der Waals surface area (Å²) in [5, 5.41) is 11.9. The molecule has 4 aromatic rings. The summed E-state index contributed by atoms with van der Waals surface area (Å²) in [6.45, 7) is 4.26. The quantitative estimate of drug-likeness (QED) is 0.358. The van der Waals surface area contributed by atoms with Crippen molar-refractivity contribution in [3.05, 3.63) is 95.6 Å². The lowest BCUT2D eigenvalue weighted by Crippen LogP contribution is -2.15. The molecule has 0 aliphatic rings. The lowest BCUT2D eigenvalue weighted by atomic mass is 10.2. The highest BCUT2D eigenvalue weighted by atomic mass is 32.2. The zero-order valence-corrected chi connectivity index (χ0v) is 19.1. The van der Waals surface area contributed by atoms with E-state index in [1.807, 2.05) is 66.9 Å². The van der Waals surface area contributed by atoms with Crippen molar-refractivity contribution in [3.8, 4) is 11.4 Å². The Morgan fingerprint density at radius 2 is 1.70 bits per heavy atom. The maximum Gasteiger partial charge on any atom is 0.234 e. The minimum atomic E-state index is -0.405. The van der Waals surface area contributed by atoms with Gasteiger partial charge in [-0.1, -0.05) is 53.2 Å². The molecule has 0 spiro atoms. The molecule has 0 saturated heterocycles. The first-order chi connectivity index (χ1) is 16.0. The van der Waals surface area contributed by atoms with Crippen LogP contribution in [0.15, 0.2) is 78.0 Å². The van der Waals surface area contributed by atoms with Gasteiger partial charge in [0.25, 0.3) is 0 Å². The van der Waals surface area contributed by atoms with Crippen molar-refractivity contribution in [1.29, 1.82) is 0 Å². The highest BCUT2D eigenvalue weighted by Crippen LogP contribution is 2.24. The Labute approximate surface area is 195 Å². The number of anilines is 1. The summed E-state index contributed by atoms with van der Waals surface area (Å²) in [6.07, 6.45) is 0. The normalized spacial score (nSPS) is 10.8. The summed E-state index contributed by atoms with van der Waals surface area (Å²) in [6, 6.07) is 21.5. The number of aryl methyl sites for hydroxylation is 2. The maximum absolute atomic E-state index is 13.4. The second-order valence-corrected chi connectivity index (χ2v) is 8.46. The fourth-order valence-corrected chi connectivity index (χ4v) is 3.89. The van der Waals surface area contributed by atoms with Crippen molar-refractivity contribution in [2.45, 2.75) is 25.6 Å². The fraction of sp³-hybridized carbons (Fsp3) is 0.160. The number of thioether (sulfide) groups is 1. The van der Waals surface area contributed by atoms with Crippen molar-refractivity contribution in [1.82, 2.24) is 14.8 Å². The van der Waals surface area contributed by atoms with Crippen LogP contribution in [-0.2, 0) is 11.4 Å². The summed E-state index contributed by atoms with van der Waals surface area (Å²) in [5.74, 6) is 0.786. The Morgan fingerprint density at radius 1 is 1.00 bits per heavy atom. The molecule has 0 unspecified atom stereocenters. The summed E-state index contributed by atoms with van der Waals surface area (Å²) < 4.78 is 21.2. The number of aromatic nitrogens is 3. The van der Waals surface area contributed by atoms with Crippen LogP contribution in [0.25, 0.3) is 5.69 Å². The predicted molar refractivity (Wildman–Crippen MR) is 127 cm³/mol. The van der Waals surface area contributed by atoms with Crippen LogP contribution in [0.5, 0.6) is 5.75 Å². The van der Waals surface area contributed by atoms with Crippen LogP contribution in [0.4, 0.5) is 10.1 Å². The largest absolute Gasteiger partial charge is 0.486 e. The van der Waals surface area contributed by atoms with Crippen LogP contribution in [0.2, 0.25) is 0 Å². The van der Waals surface area contributed by atoms with Crippen molar-refractivity contribution >= 4 is 23.4 Å². The zero-order valence-electron chi connectivity index (χ0n) is 18.3. The van der Waals surface area contributed by atoms with Crippen molar-refractivity contribution in [2.75, 3.05) is 11.1 Å². The second kappa shape index (κ2) is 10.3. The first-order valence-electron chi connectivity index (χ1n) is 10.4. The van der Waals surface area contributed by atoms with Crippen LogP contribution < -0.4 is 10.1 Å². The molecule has 1 heterocycles. The summed E-state index contributed by atoms with van der Waals surface area (Å²) in [4.78, 5) is 12.4. The van der Waals surface area contributed by atoms with E-state index < -0.39 is 5.82 Å². The third-order valence-corrected chi connectivity index (χ3v) is 5.75. The minimum absolute atomic E-state index is 0.0966. The van der Waals surface area contributed by atoms with E-state index >= 15 is 0 Å². The van der Waals surface area contributed by atoms with Gasteiger partial charge < -0.3 is 10.1 Å². The van der Waals surface area contributed by atoms with E-state index in [-0.39, 0.29) is 18.3 Å². The maximum atomic E-state index is 13.4. The molecule has 0 radical (unpaired) electrons. The van der Waals surface area contributed by atoms with E-state index in [9.17, 15) is 9.18 Å². The van der Waals surface area contributed by atoms with Crippen LogP contribution in [0.1, 0.15) is 17.0 Å². The molecule has 1 amide bonds. The third-order valence-electron chi connectivity index (χ3n) is 4.82. The van der Waals surface area contributed by atoms with E-state index in [0.29, 0.717) is 16.7 Å². The Hall–Kier alpha value is -3.65. The molecule has 4 rings (SSSR count). The standard InChI is InChI=1S/C25H23FN4O2S/c1-17-6-10-21(11-7-17)30-23(15-32-22-12-8-18(2)9-13-22)28-29-25(30)33-16-24(31)27-20-5-3-4-19(26)14-20/h3-14H,15-16H2,1-2H3,(H,27,31). The SMILES string of the molecule is Cc1ccc(OCc2nnc(SCC(=O)Nc3cccc(F)c3)n2-c2ccc(C)cc2)cc1. The molecule has 0 bridgehead atoms. The molecule has 6 nitrogen and oxygen atoms in total. The topological polar surface area (TPSA) is 69.0 Å². The van der Waals surface area contributed by atoms with Gasteiger partial charge in [-0.15, -0.1) is 10.2 Å². The highest BCUT2D eigenvalue weighted by Gasteiger charge is 2.17. The van der Waals surface area contributed by atoms with Gasteiger partial charge in [-0.3, -0.25) is 9.36 Å². The Balaban J connectivity index is 1.51. The molecule has 1 aromatic heterocycles. The van der Waals surface area contributed by atoms with Gasteiger partial charge in [-0.25, -0.2) is 4.39 Å². The lowest BCUT2D eigenvalue weighted by molar-refractivity contribution is -0.113. The monoisotopic (exact) mass is 462 g/mol. The number of ether oxygens (including phenoxy) is 1. The number of nitrogens with one attached hydrogen (secondary N) is 1. The molecule has 168 valence electrons. The molecule has 1 N–H and O–H groups in total. The number of amides is 1. The number of halogens is 1. The summed E-state index contributed by atoms with van der Waals surface area (Å²) >= 11 is 1.25. The van der Waals surface area contributed by atoms with Gasteiger partial charge in [0.2, 0.25) is 5.91 Å². The molecule has 33 heavy (non-hydrogen) atoms. The summed E-state index contributed by atoms with van der Waals surface area (Å²) in [5.41, 5.74) is 3.57. The van der Waals surface area contributed by atoms with Gasteiger partial charge in [0.1, 0.15) is 18.2 Å². The Morgan fingerprint density at radius 3 is 2.39 bits per heavy atom. The number of carbonyl (C=O) groups excluding carboxylic acids is 1. The average molecular weight is 463 g/mol. The molecule has 0 fully saturated rings. The first-order valence-corrected chi connectivity index (χ1v) is 11.4. The average Bonchev–Trinajstić information content (AvgIpc) is 3.21. The van der Waals surface area contributed by atoms with Crippen molar-refractivity contribution in [2.24, 2.45) is 0 Å². The second-order valence-electron chi connectivity index (χ2n) is 7.52. The number of rotatable bonds is 8. The number of hydrogen-bond acceptors (Lipinski definition) is 5. The molecule has 0 atom stereocenters. The third kappa shape index (κ3) is 5.98. The lowest BCUT2D eigenvalue weighted by Gasteiger charge is -2.12.